The first-order chi connectivity index (χ1) is 11.4. The van der Waals surface area contributed by atoms with Crippen molar-refractivity contribution < 1.29 is 8.42 Å². The fourth-order valence-corrected chi connectivity index (χ4v) is 4.30. The van der Waals surface area contributed by atoms with Crippen LogP contribution in [0.5, 0.6) is 0 Å². The lowest BCUT2D eigenvalue weighted by molar-refractivity contribution is 0.541. The van der Waals surface area contributed by atoms with Crippen LogP contribution in [0.4, 0.5) is 5.69 Å². The predicted molar refractivity (Wildman–Crippen MR) is 97.9 cm³/mol. The Hall–Kier alpha value is -1.85. The van der Waals surface area contributed by atoms with Gasteiger partial charge in [-0.05, 0) is 56.0 Å². The largest absolute Gasteiger partial charge is 0.371 e. The third-order valence-electron chi connectivity index (χ3n) is 4.55. The molecule has 2 aromatic carbocycles. The highest BCUT2D eigenvalue weighted by molar-refractivity contribution is 7.89. The van der Waals surface area contributed by atoms with E-state index in [0.29, 0.717) is 17.4 Å². The van der Waals surface area contributed by atoms with Crippen LogP contribution in [0.1, 0.15) is 17.5 Å². The van der Waals surface area contributed by atoms with Crippen LogP contribution in [0, 0.1) is 19.8 Å². The molecule has 0 amide bonds. The zero-order valence-electron chi connectivity index (χ0n) is 14.2. The van der Waals surface area contributed by atoms with E-state index in [4.69, 9.17) is 0 Å². The molecule has 1 unspecified atom stereocenters. The van der Waals surface area contributed by atoms with Gasteiger partial charge in [-0.25, -0.2) is 13.1 Å². The lowest BCUT2D eigenvalue weighted by Gasteiger charge is -2.19. The van der Waals surface area contributed by atoms with Gasteiger partial charge in [-0.1, -0.05) is 29.8 Å². The molecule has 0 bridgehead atoms. The van der Waals surface area contributed by atoms with E-state index in [1.165, 1.54) is 11.3 Å². The third kappa shape index (κ3) is 3.97. The Bertz CT molecular complexity index is 800. The molecule has 1 atom stereocenters. The van der Waals surface area contributed by atoms with Gasteiger partial charge in [0.15, 0.2) is 0 Å². The van der Waals surface area contributed by atoms with Gasteiger partial charge in [0.05, 0.1) is 4.90 Å². The van der Waals surface area contributed by atoms with Gasteiger partial charge in [0, 0.05) is 25.3 Å². The Morgan fingerprint density at radius 2 is 1.83 bits per heavy atom. The summed E-state index contributed by atoms with van der Waals surface area (Å²) >= 11 is 0. The maximum Gasteiger partial charge on any atom is 0.240 e. The van der Waals surface area contributed by atoms with Crippen molar-refractivity contribution in [1.82, 2.24) is 4.72 Å². The molecule has 1 saturated heterocycles. The predicted octanol–water partition coefficient (Wildman–Crippen LogP) is 3.11. The van der Waals surface area contributed by atoms with Crippen LogP contribution >= 0.6 is 0 Å². The third-order valence-corrected chi connectivity index (χ3v) is 5.97. The molecule has 5 heteroatoms. The lowest BCUT2D eigenvalue weighted by Crippen LogP contribution is -2.31. The highest BCUT2D eigenvalue weighted by Crippen LogP contribution is 2.24. The number of hydrogen-bond acceptors (Lipinski definition) is 3. The average Bonchev–Trinajstić information content (AvgIpc) is 3.03. The highest BCUT2D eigenvalue weighted by Gasteiger charge is 2.24. The number of anilines is 1. The molecule has 0 aromatic heterocycles. The summed E-state index contributed by atoms with van der Waals surface area (Å²) in [6.07, 6.45) is 1.00. The van der Waals surface area contributed by atoms with Crippen LogP contribution < -0.4 is 9.62 Å². The molecule has 1 fully saturated rings. The number of nitrogens with one attached hydrogen (secondary N) is 1. The minimum Gasteiger partial charge on any atom is -0.371 e. The molecule has 0 aliphatic carbocycles. The summed E-state index contributed by atoms with van der Waals surface area (Å²) in [6, 6.07) is 15.5. The van der Waals surface area contributed by atoms with E-state index in [1.807, 2.05) is 13.0 Å². The molecule has 1 aliphatic heterocycles. The quantitative estimate of drug-likeness (QED) is 0.907. The Morgan fingerprint density at radius 1 is 1.08 bits per heavy atom. The Morgan fingerprint density at radius 3 is 2.54 bits per heavy atom. The Labute approximate surface area is 144 Å². The number of rotatable bonds is 5. The SMILES string of the molecule is Cc1ccc(N2CCC(CNS(=O)(=O)c3cccc(C)c3)C2)cc1. The van der Waals surface area contributed by atoms with E-state index in [-0.39, 0.29) is 0 Å². The van der Waals surface area contributed by atoms with Crippen molar-refractivity contribution in [1.29, 1.82) is 0 Å². The normalized spacial score (nSPS) is 18.1. The summed E-state index contributed by atoms with van der Waals surface area (Å²) in [5.74, 6) is 0.339. The topological polar surface area (TPSA) is 49.4 Å². The van der Waals surface area contributed by atoms with Gasteiger partial charge in [0.1, 0.15) is 0 Å². The lowest BCUT2D eigenvalue weighted by atomic mass is 10.1. The molecule has 24 heavy (non-hydrogen) atoms. The molecule has 2 aromatic rings. The van der Waals surface area contributed by atoms with Crippen LogP contribution in [0.3, 0.4) is 0 Å². The summed E-state index contributed by atoms with van der Waals surface area (Å²) in [6.45, 7) is 6.32. The average molecular weight is 344 g/mol. The van der Waals surface area contributed by atoms with E-state index in [1.54, 1.807) is 18.2 Å². The summed E-state index contributed by atoms with van der Waals surface area (Å²) < 4.78 is 27.6. The number of benzene rings is 2. The van der Waals surface area contributed by atoms with Gasteiger partial charge in [-0.15, -0.1) is 0 Å². The maximum atomic E-state index is 12.4. The van der Waals surface area contributed by atoms with Crippen LogP contribution in [0.25, 0.3) is 0 Å². The molecular formula is C19H24N2O2S. The number of nitrogens with zero attached hydrogens (tertiary/aromatic N) is 1. The van der Waals surface area contributed by atoms with Gasteiger partial charge in [0.2, 0.25) is 10.0 Å². The molecule has 1 aliphatic rings. The molecular weight excluding hydrogens is 320 g/mol. The summed E-state index contributed by atoms with van der Waals surface area (Å²) in [5.41, 5.74) is 3.41. The van der Waals surface area contributed by atoms with Crippen molar-refractivity contribution in [2.24, 2.45) is 5.92 Å². The summed E-state index contributed by atoms with van der Waals surface area (Å²) in [4.78, 5) is 2.67. The zero-order valence-corrected chi connectivity index (χ0v) is 15.0. The van der Waals surface area contributed by atoms with Gasteiger partial charge in [-0.2, -0.15) is 0 Å². The standard InChI is InChI=1S/C19H24N2O2S/c1-15-6-8-18(9-7-15)21-11-10-17(14-21)13-20-24(22,23)19-5-3-4-16(2)12-19/h3-9,12,17,20H,10-11,13-14H2,1-2H3. The second-order valence-electron chi connectivity index (χ2n) is 6.60. The molecule has 0 saturated carbocycles. The zero-order chi connectivity index (χ0) is 17.2. The van der Waals surface area contributed by atoms with E-state index >= 15 is 0 Å². The molecule has 128 valence electrons. The second-order valence-corrected chi connectivity index (χ2v) is 8.37. The smallest absolute Gasteiger partial charge is 0.240 e. The first kappa shape index (κ1) is 17.0. The van der Waals surface area contributed by atoms with Crippen molar-refractivity contribution in [2.75, 3.05) is 24.5 Å². The van der Waals surface area contributed by atoms with E-state index in [0.717, 1.165) is 25.1 Å². The minimum absolute atomic E-state index is 0.339. The minimum atomic E-state index is -3.43. The van der Waals surface area contributed by atoms with E-state index < -0.39 is 10.0 Å². The second kappa shape index (κ2) is 6.95. The molecule has 0 spiro atoms. The monoisotopic (exact) mass is 344 g/mol. The van der Waals surface area contributed by atoms with E-state index in [9.17, 15) is 8.42 Å². The van der Waals surface area contributed by atoms with Crippen molar-refractivity contribution in [3.8, 4) is 0 Å². The van der Waals surface area contributed by atoms with Crippen LogP contribution in [0.2, 0.25) is 0 Å². The number of hydrogen-bond donors (Lipinski definition) is 1. The first-order valence-electron chi connectivity index (χ1n) is 8.32. The van der Waals surface area contributed by atoms with Gasteiger partial charge < -0.3 is 4.90 Å². The van der Waals surface area contributed by atoms with Crippen LogP contribution in [0.15, 0.2) is 53.4 Å². The fraction of sp³-hybridized carbons (Fsp3) is 0.368. The molecule has 1 heterocycles. The Kier molecular flexibility index (Phi) is 4.92. The van der Waals surface area contributed by atoms with E-state index in [2.05, 4.69) is 40.8 Å². The Balaban J connectivity index is 1.59. The number of sulfonamides is 1. The first-order valence-corrected chi connectivity index (χ1v) is 9.80. The molecule has 4 nitrogen and oxygen atoms in total. The highest BCUT2D eigenvalue weighted by atomic mass is 32.2. The van der Waals surface area contributed by atoms with Crippen molar-refractivity contribution in [3.63, 3.8) is 0 Å². The van der Waals surface area contributed by atoms with Gasteiger partial charge in [-0.3, -0.25) is 0 Å². The number of aryl methyl sites for hydroxylation is 2. The van der Waals surface area contributed by atoms with Crippen molar-refractivity contribution in [2.45, 2.75) is 25.2 Å². The summed E-state index contributed by atoms with van der Waals surface area (Å²) in [7, 11) is -3.43. The maximum absolute atomic E-state index is 12.4. The van der Waals surface area contributed by atoms with Crippen molar-refractivity contribution in [3.05, 3.63) is 59.7 Å². The van der Waals surface area contributed by atoms with Gasteiger partial charge >= 0.3 is 0 Å². The van der Waals surface area contributed by atoms with Gasteiger partial charge in [0.25, 0.3) is 0 Å². The molecule has 1 N–H and O–H groups in total. The molecule has 3 rings (SSSR count). The molecule has 0 radical (unpaired) electrons. The van der Waals surface area contributed by atoms with Crippen molar-refractivity contribution >= 4 is 15.7 Å². The van der Waals surface area contributed by atoms with Crippen LogP contribution in [-0.4, -0.2) is 28.1 Å². The summed E-state index contributed by atoms with van der Waals surface area (Å²) in [5, 5.41) is 0. The van der Waals surface area contributed by atoms with Crippen LogP contribution in [-0.2, 0) is 10.0 Å². The fourth-order valence-electron chi connectivity index (χ4n) is 3.08.